The van der Waals surface area contributed by atoms with Crippen LogP contribution < -0.4 is 20.1 Å². The van der Waals surface area contributed by atoms with Crippen LogP contribution >= 0.6 is 0 Å². The Hall–Kier alpha value is -4.08. The molecular formula is C18H16N4O6. The van der Waals surface area contributed by atoms with Crippen LogP contribution in [-0.2, 0) is 0 Å². The molecule has 1 heterocycles. The van der Waals surface area contributed by atoms with E-state index in [1.54, 1.807) is 24.3 Å². The third-order valence-electron chi connectivity index (χ3n) is 3.96. The molecule has 0 bridgehead atoms. The third-order valence-corrected chi connectivity index (χ3v) is 3.96. The molecule has 2 aromatic carbocycles. The van der Waals surface area contributed by atoms with Crippen molar-refractivity contribution in [3.05, 3.63) is 52.7 Å². The summed E-state index contributed by atoms with van der Waals surface area (Å²) in [7, 11) is 2.96. The van der Waals surface area contributed by atoms with Crippen molar-refractivity contribution in [2.75, 3.05) is 24.9 Å². The number of ether oxygens (including phenoxy) is 2. The number of aromatic nitrogens is 1. The van der Waals surface area contributed by atoms with E-state index < -0.39 is 11.0 Å². The minimum absolute atomic E-state index is 0.215. The number of carbonyl (C=O) groups is 1. The number of fused-ring (bicyclic) bond motifs is 1. The average molecular weight is 384 g/mol. The SMILES string of the molecule is COc1cc2ncc([N+](=O)[O-])c(Nc3ccc(NC(=O)O)cc3)c2cc1OC. The van der Waals surface area contributed by atoms with Gasteiger partial charge < -0.3 is 19.9 Å². The molecule has 0 spiro atoms. The van der Waals surface area contributed by atoms with E-state index in [9.17, 15) is 14.9 Å². The monoisotopic (exact) mass is 384 g/mol. The summed E-state index contributed by atoms with van der Waals surface area (Å²) in [6, 6.07) is 9.51. The highest BCUT2D eigenvalue weighted by molar-refractivity contribution is 5.99. The first-order chi connectivity index (χ1) is 13.4. The van der Waals surface area contributed by atoms with Gasteiger partial charge in [0.15, 0.2) is 11.5 Å². The van der Waals surface area contributed by atoms with E-state index >= 15 is 0 Å². The van der Waals surface area contributed by atoms with Crippen LogP contribution in [0.4, 0.5) is 27.5 Å². The standard InChI is InChI=1S/C18H16N4O6/c1-27-15-7-12-13(8-16(15)28-2)19-9-14(22(25)26)17(12)20-10-3-5-11(6-4-10)21-18(23)24/h3-9,21H,1-2H3,(H,19,20)(H,23,24). The fourth-order valence-electron chi connectivity index (χ4n) is 2.68. The summed E-state index contributed by atoms with van der Waals surface area (Å²) in [6.07, 6.45) is -0.0192. The van der Waals surface area contributed by atoms with E-state index in [4.69, 9.17) is 14.6 Å². The van der Waals surface area contributed by atoms with Crippen LogP contribution in [0.25, 0.3) is 10.9 Å². The van der Waals surface area contributed by atoms with Gasteiger partial charge >= 0.3 is 11.8 Å². The van der Waals surface area contributed by atoms with Crippen LogP contribution in [0.2, 0.25) is 0 Å². The van der Waals surface area contributed by atoms with E-state index in [1.807, 2.05) is 0 Å². The van der Waals surface area contributed by atoms with E-state index in [1.165, 1.54) is 26.4 Å². The summed E-state index contributed by atoms with van der Waals surface area (Å²) >= 11 is 0. The number of nitrogens with one attached hydrogen (secondary N) is 2. The van der Waals surface area contributed by atoms with Gasteiger partial charge in [0.2, 0.25) is 0 Å². The van der Waals surface area contributed by atoms with Crippen molar-refractivity contribution in [2.24, 2.45) is 0 Å². The predicted molar refractivity (Wildman–Crippen MR) is 103 cm³/mol. The van der Waals surface area contributed by atoms with Crippen LogP contribution in [0.5, 0.6) is 11.5 Å². The van der Waals surface area contributed by atoms with Crippen molar-refractivity contribution < 1.29 is 24.3 Å². The Balaban J connectivity index is 2.10. The minimum atomic E-state index is -1.18. The molecule has 0 saturated carbocycles. The van der Waals surface area contributed by atoms with Crippen LogP contribution in [0.1, 0.15) is 0 Å². The second kappa shape index (κ2) is 7.66. The predicted octanol–water partition coefficient (Wildman–Crippen LogP) is 3.99. The molecule has 3 aromatic rings. The number of methoxy groups -OCH3 is 2. The molecule has 0 unspecified atom stereocenters. The van der Waals surface area contributed by atoms with Gasteiger partial charge in [0.05, 0.1) is 24.7 Å². The number of amides is 1. The van der Waals surface area contributed by atoms with Crippen LogP contribution in [0, 0.1) is 10.1 Å². The van der Waals surface area contributed by atoms with Gasteiger partial charge in [0.25, 0.3) is 0 Å². The number of hydrogen-bond donors (Lipinski definition) is 3. The molecule has 0 aliphatic heterocycles. The molecule has 3 rings (SSSR count). The lowest BCUT2D eigenvalue weighted by molar-refractivity contribution is -0.384. The van der Waals surface area contributed by atoms with E-state index in [0.717, 1.165) is 6.20 Å². The molecule has 0 fully saturated rings. The topological polar surface area (TPSA) is 136 Å². The fraction of sp³-hybridized carbons (Fsp3) is 0.111. The molecule has 28 heavy (non-hydrogen) atoms. The van der Waals surface area contributed by atoms with Crippen LogP contribution in [-0.4, -0.2) is 35.3 Å². The number of hydrogen-bond acceptors (Lipinski definition) is 7. The first-order valence-electron chi connectivity index (χ1n) is 7.99. The molecule has 0 aliphatic carbocycles. The zero-order valence-corrected chi connectivity index (χ0v) is 14.9. The summed E-state index contributed by atoms with van der Waals surface area (Å²) in [5, 5.41) is 26.0. The summed E-state index contributed by atoms with van der Waals surface area (Å²) < 4.78 is 10.5. The largest absolute Gasteiger partial charge is 0.493 e. The van der Waals surface area contributed by atoms with Gasteiger partial charge in [-0.2, -0.15) is 0 Å². The van der Waals surface area contributed by atoms with Gasteiger partial charge in [-0.25, -0.2) is 9.78 Å². The summed E-state index contributed by atoms with van der Waals surface area (Å²) in [4.78, 5) is 25.8. The maximum absolute atomic E-state index is 11.5. The quantitative estimate of drug-likeness (QED) is 0.429. The summed E-state index contributed by atoms with van der Waals surface area (Å²) in [5.74, 6) is 0.854. The number of nitro groups is 1. The Bertz CT molecular complexity index is 1050. The fourth-order valence-corrected chi connectivity index (χ4v) is 2.68. The number of nitrogens with zero attached hydrogens (tertiary/aromatic N) is 2. The van der Waals surface area contributed by atoms with Crippen LogP contribution in [0.15, 0.2) is 42.6 Å². The van der Waals surface area contributed by atoms with Gasteiger partial charge in [0.1, 0.15) is 11.9 Å². The van der Waals surface area contributed by atoms with Crippen molar-refractivity contribution in [1.29, 1.82) is 0 Å². The first-order valence-corrected chi connectivity index (χ1v) is 7.99. The molecule has 0 atom stereocenters. The molecule has 1 aromatic heterocycles. The van der Waals surface area contributed by atoms with E-state index in [2.05, 4.69) is 15.6 Å². The Morgan fingerprint density at radius 1 is 1.11 bits per heavy atom. The molecule has 1 amide bonds. The number of carboxylic acid groups (broad SMARTS) is 1. The lowest BCUT2D eigenvalue weighted by Crippen LogP contribution is -2.07. The Morgan fingerprint density at radius 2 is 1.71 bits per heavy atom. The molecule has 0 aliphatic rings. The Morgan fingerprint density at radius 3 is 2.29 bits per heavy atom. The Kier molecular flexibility index (Phi) is 5.12. The average Bonchev–Trinajstić information content (AvgIpc) is 2.67. The van der Waals surface area contributed by atoms with E-state index in [-0.39, 0.29) is 11.4 Å². The summed E-state index contributed by atoms with van der Waals surface area (Å²) in [5.41, 5.74) is 1.40. The maximum atomic E-state index is 11.5. The van der Waals surface area contributed by atoms with Gasteiger partial charge in [-0.1, -0.05) is 0 Å². The lowest BCUT2D eigenvalue weighted by atomic mass is 10.1. The lowest BCUT2D eigenvalue weighted by Gasteiger charge is -2.13. The number of rotatable bonds is 6. The molecule has 144 valence electrons. The maximum Gasteiger partial charge on any atom is 0.409 e. The highest BCUT2D eigenvalue weighted by Gasteiger charge is 2.20. The minimum Gasteiger partial charge on any atom is -0.493 e. The molecular weight excluding hydrogens is 368 g/mol. The molecule has 3 N–H and O–H groups in total. The third kappa shape index (κ3) is 3.70. The second-order valence-electron chi connectivity index (χ2n) is 5.63. The number of anilines is 3. The van der Waals surface area contributed by atoms with Crippen molar-refractivity contribution in [3.8, 4) is 11.5 Å². The molecule has 0 radical (unpaired) electrons. The zero-order valence-electron chi connectivity index (χ0n) is 14.9. The zero-order chi connectivity index (χ0) is 20.3. The highest BCUT2D eigenvalue weighted by atomic mass is 16.6. The van der Waals surface area contributed by atoms with Crippen molar-refractivity contribution in [3.63, 3.8) is 0 Å². The normalized spacial score (nSPS) is 10.4. The van der Waals surface area contributed by atoms with Gasteiger partial charge in [-0.3, -0.25) is 15.4 Å². The highest BCUT2D eigenvalue weighted by Crippen LogP contribution is 2.39. The smallest absolute Gasteiger partial charge is 0.409 e. The molecule has 0 saturated heterocycles. The first kappa shape index (κ1) is 18.7. The number of benzene rings is 2. The molecule has 10 nitrogen and oxygen atoms in total. The van der Waals surface area contributed by atoms with Crippen molar-refractivity contribution >= 4 is 39.7 Å². The number of pyridine rings is 1. The molecule has 10 heteroatoms. The second-order valence-corrected chi connectivity index (χ2v) is 5.63. The van der Waals surface area contributed by atoms with Gasteiger partial charge in [-0.15, -0.1) is 0 Å². The van der Waals surface area contributed by atoms with Gasteiger partial charge in [0, 0.05) is 22.8 Å². The van der Waals surface area contributed by atoms with Gasteiger partial charge in [-0.05, 0) is 30.3 Å². The Labute approximate surface area is 158 Å². The van der Waals surface area contributed by atoms with E-state index in [0.29, 0.717) is 33.8 Å². The van der Waals surface area contributed by atoms with Crippen molar-refractivity contribution in [1.82, 2.24) is 4.98 Å². The summed E-state index contributed by atoms with van der Waals surface area (Å²) in [6.45, 7) is 0. The van der Waals surface area contributed by atoms with Crippen molar-refractivity contribution in [2.45, 2.75) is 0 Å². The van der Waals surface area contributed by atoms with Crippen LogP contribution in [0.3, 0.4) is 0 Å².